The number of carbonyl (C=O) groups excluding carboxylic acids is 1. The lowest BCUT2D eigenvalue weighted by Crippen LogP contribution is -2.10. The van der Waals surface area contributed by atoms with Crippen LogP contribution < -0.4 is 0 Å². The van der Waals surface area contributed by atoms with Crippen LogP contribution in [0.15, 0.2) is 12.2 Å². The van der Waals surface area contributed by atoms with Crippen molar-refractivity contribution in [2.45, 2.75) is 36.7 Å². The smallest absolute Gasteiger partial charge is 0.332 e. The fourth-order valence-corrected chi connectivity index (χ4v) is 1.61. The van der Waals surface area contributed by atoms with Crippen LogP contribution in [0, 0.1) is 0 Å². The number of hydrogen-bond donors (Lipinski definition) is 1. The Hall–Kier alpha value is -0.590. The monoisotopic (exact) mass is 326 g/mol. The Morgan fingerprint density at radius 2 is 2.07 bits per heavy atom. The predicted molar refractivity (Wildman–Crippen MR) is 64.8 cm³/mol. The minimum Gasteiger partial charge on any atom is -0.478 e. The number of unbranched alkanes of at least 4 members (excludes halogenated alkanes) is 2. The second-order valence-corrected chi connectivity index (χ2v) is 4.40. The largest absolute Gasteiger partial charge is 0.478 e. The standard InChI is InChI=1S/C10H15IO4/c1-2-3-4-5-8(11)15-10(14)7-6-9(12)13/h6-8H,2-5H2,1H3,(H,12,13). The Labute approximate surface area is 103 Å². The zero-order valence-corrected chi connectivity index (χ0v) is 10.8. The van der Waals surface area contributed by atoms with Gasteiger partial charge in [0.1, 0.15) is 0 Å². The fraction of sp³-hybridized carbons (Fsp3) is 0.600. The summed E-state index contributed by atoms with van der Waals surface area (Å²) < 4.78 is 4.76. The van der Waals surface area contributed by atoms with Gasteiger partial charge in [0.25, 0.3) is 0 Å². The van der Waals surface area contributed by atoms with Gasteiger partial charge in [-0.25, -0.2) is 9.59 Å². The molecule has 15 heavy (non-hydrogen) atoms. The molecule has 0 rings (SSSR count). The molecule has 0 aliphatic heterocycles. The molecule has 0 fully saturated rings. The van der Waals surface area contributed by atoms with E-state index in [-0.39, 0.29) is 4.11 Å². The third-order valence-corrected chi connectivity index (χ3v) is 2.52. The fourth-order valence-electron chi connectivity index (χ4n) is 0.918. The highest BCUT2D eigenvalue weighted by molar-refractivity contribution is 14.1. The molecular weight excluding hydrogens is 311 g/mol. The Balaban J connectivity index is 3.71. The third-order valence-electron chi connectivity index (χ3n) is 1.64. The number of rotatable bonds is 7. The lowest BCUT2D eigenvalue weighted by Gasteiger charge is -2.09. The minimum absolute atomic E-state index is 0.180. The van der Waals surface area contributed by atoms with Gasteiger partial charge in [0.15, 0.2) is 4.11 Å². The predicted octanol–water partition coefficient (Wildman–Crippen LogP) is 2.51. The van der Waals surface area contributed by atoms with Crippen molar-refractivity contribution < 1.29 is 19.4 Å². The highest BCUT2D eigenvalue weighted by Gasteiger charge is 2.07. The number of hydrogen-bond acceptors (Lipinski definition) is 3. The summed E-state index contributed by atoms with van der Waals surface area (Å²) in [6.45, 7) is 2.10. The zero-order valence-electron chi connectivity index (χ0n) is 8.61. The van der Waals surface area contributed by atoms with E-state index in [1.54, 1.807) is 0 Å². The SMILES string of the molecule is CCCCCC(I)OC(=O)C=CC(=O)O. The number of ether oxygens (including phenoxy) is 1. The Morgan fingerprint density at radius 3 is 2.60 bits per heavy atom. The number of esters is 1. The van der Waals surface area contributed by atoms with Crippen molar-refractivity contribution in [2.24, 2.45) is 0 Å². The van der Waals surface area contributed by atoms with E-state index in [0.29, 0.717) is 0 Å². The summed E-state index contributed by atoms with van der Waals surface area (Å²) in [6, 6.07) is 0. The summed E-state index contributed by atoms with van der Waals surface area (Å²) >= 11 is 2.03. The van der Waals surface area contributed by atoms with Crippen LogP contribution in [0.5, 0.6) is 0 Å². The number of carbonyl (C=O) groups is 2. The molecule has 0 amide bonds. The summed E-state index contributed by atoms with van der Waals surface area (Å²) in [5.74, 6) is -1.75. The van der Waals surface area contributed by atoms with Crippen LogP contribution in [0.25, 0.3) is 0 Å². The van der Waals surface area contributed by atoms with E-state index in [0.717, 1.165) is 37.8 Å². The van der Waals surface area contributed by atoms with Crippen molar-refractivity contribution in [3.05, 3.63) is 12.2 Å². The minimum atomic E-state index is -1.15. The van der Waals surface area contributed by atoms with Gasteiger partial charge in [-0.3, -0.25) is 0 Å². The number of carboxylic acids is 1. The summed E-state index contributed by atoms with van der Waals surface area (Å²) in [6.07, 6.45) is 5.75. The molecule has 1 unspecified atom stereocenters. The maximum atomic E-state index is 11.0. The lowest BCUT2D eigenvalue weighted by atomic mass is 10.2. The molecule has 0 heterocycles. The van der Waals surface area contributed by atoms with Gasteiger partial charge >= 0.3 is 11.9 Å². The number of alkyl halides is 1. The summed E-state index contributed by atoms with van der Waals surface area (Å²) in [5, 5.41) is 8.27. The van der Waals surface area contributed by atoms with E-state index >= 15 is 0 Å². The first-order valence-corrected chi connectivity index (χ1v) is 6.06. The van der Waals surface area contributed by atoms with Crippen LogP contribution in [-0.2, 0) is 14.3 Å². The van der Waals surface area contributed by atoms with Crippen LogP contribution in [0.2, 0.25) is 0 Å². The molecule has 0 aliphatic rings. The molecule has 5 heteroatoms. The maximum Gasteiger partial charge on any atom is 0.332 e. The lowest BCUT2D eigenvalue weighted by molar-refractivity contribution is -0.139. The molecular formula is C10H15IO4. The van der Waals surface area contributed by atoms with E-state index in [1.807, 2.05) is 22.6 Å². The van der Waals surface area contributed by atoms with Gasteiger partial charge in [-0.15, -0.1) is 0 Å². The molecule has 0 aromatic carbocycles. The van der Waals surface area contributed by atoms with E-state index in [2.05, 4.69) is 6.92 Å². The van der Waals surface area contributed by atoms with Crippen molar-refractivity contribution in [3.63, 3.8) is 0 Å². The molecule has 0 saturated carbocycles. The first-order valence-electron chi connectivity index (χ1n) is 4.82. The molecule has 0 aliphatic carbocycles. The van der Waals surface area contributed by atoms with Crippen LogP contribution in [0.1, 0.15) is 32.6 Å². The topological polar surface area (TPSA) is 63.6 Å². The molecule has 0 aromatic heterocycles. The molecule has 1 N–H and O–H groups in total. The highest BCUT2D eigenvalue weighted by atomic mass is 127. The van der Waals surface area contributed by atoms with Gasteiger partial charge in [-0.2, -0.15) is 0 Å². The molecule has 0 radical (unpaired) electrons. The second-order valence-electron chi connectivity index (χ2n) is 3.01. The van der Waals surface area contributed by atoms with Gasteiger partial charge in [0.2, 0.25) is 0 Å². The van der Waals surface area contributed by atoms with E-state index in [1.165, 1.54) is 0 Å². The average Bonchev–Trinajstić information content (AvgIpc) is 2.15. The number of halogens is 1. The van der Waals surface area contributed by atoms with Gasteiger partial charge in [0, 0.05) is 12.2 Å². The van der Waals surface area contributed by atoms with E-state index in [9.17, 15) is 9.59 Å². The quantitative estimate of drug-likeness (QED) is 0.257. The van der Waals surface area contributed by atoms with Crippen molar-refractivity contribution in [2.75, 3.05) is 0 Å². The van der Waals surface area contributed by atoms with Gasteiger partial charge in [0.05, 0.1) is 0 Å². The first kappa shape index (κ1) is 14.4. The van der Waals surface area contributed by atoms with Crippen molar-refractivity contribution >= 4 is 34.5 Å². The van der Waals surface area contributed by atoms with Crippen LogP contribution in [-0.4, -0.2) is 21.2 Å². The van der Waals surface area contributed by atoms with Crippen molar-refractivity contribution in [1.29, 1.82) is 0 Å². The molecule has 1 atom stereocenters. The summed E-state index contributed by atoms with van der Waals surface area (Å²) in [7, 11) is 0. The number of aliphatic carboxylic acids is 1. The normalized spacial score (nSPS) is 12.7. The average molecular weight is 326 g/mol. The Kier molecular flexibility index (Phi) is 8.35. The molecule has 86 valence electrons. The van der Waals surface area contributed by atoms with Gasteiger partial charge < -0.3 is 9.84 Å². The number of carboxylic acid groups (broad SMARTS) is 1. The maximum absolute atomic E-state index is 11.0. The van der Waals surface area contributed by atoms with E-state index in [4.69, 9.17) is 9.84 Å². The van der Waals surface area contributed by atoms with Gasteiger partial charge in [-0.1, -0.05) is 19.8 Å². The molecule has 0 spiro atoms. The highest BCUT2D eigenvalue weighted by Crippen LogP contribution is 2.13. The second kappa shape index (κ2) is 8.70. The Morgan fingerprint density at radius 1 is 1.40 bits per heavy atom. The molecule has 0 bridgehead atoms. The molecule has 0 saturated heterocycles. The van der Waals surface area contributed by atoms with Gasteiger partial charge in [-0.05, 0) is 35.4 Å². The summed E-state index contributed by atoms with van der Waals surface area (Å²) in [5.41, 5.74) is 0. The zero-order chi connectivity index (χ0) is 11.7. The van der Waals surface area contributed by atoms with Crippen molar-refractivity contribution in [3.8, 4) is 0 Å². The molecule has 0 aromatic rings. The third kappa shape index (κ3) is 9.71. The summed E-state index contributed by atoms with van der Waals surface area (Å²) in [4.78, 5) is 21.1. The molecule has 4 nitrogen and oxygen atoms in total. The Bertz CT molecular complexity index is 238. The van der Waals surface area contributed by atoms with E-state index < -0.39 is 11.9 Å². The first-order chi connectivity index (χ1) is 7.06. The van der Waals surface area contributed by atoms with Crippen LogP contribution in [0.3, 0.4) is 0 Å². The van der Waals surface area contributed by atoms with Crippen molar-refractivity contribution in [1.82, 2.24) is 0 Å². The van der Waals surface area contributed by atoms with Crippen LogP contribution in [0.4, 0.5) is 0 Å². The van der Waals surface area contributed by atoms with Crippen LogP contribution >= 0.6 is 22.6 Å².